The molecule has 2 aromatic heterocycles. The van der Waals surface area contributed by atoms with Gasteiger partial charge >= 0.3 is 0 Å². The van der Waals surface area contributed by atoms with Gasteiger partial charge in [-0.05, 0) is 43.0 Å². The van der Waals surface area contributed by atoms with Crippen LogP contribution in [0.5, 0.6) is 0 Å². The van der Waals surface area contributed by atoms with Gasteiger partial charge in [-0.25, -0.2) is 0 Å². The maximum Gasteiger partial charge on any atom is 0.251 e. The molecule has 0 unspecified atom stereocenters. The van der Waals surface area contributed by atoms with Crippen LogP contribution in [0.1, 0.15) is 34.7 Å². The maximum absolute atomic E-state index is 12.4. The van der Waals surface area contributed by atoms with Crippen molar-refractivity contribution in [2.24, 2.45) is 0 Å². The third-order valence-corrected chi connectivity index (χ3v) is 4.22. The summed E-state index contributed by atoms with van der Waals surface area (Å²) in [5, 5.41) is 11.3. The van der Waals surface area contributed by atoms with E-state index >= 15 is 0 Å². The zero-order chi connectivity index (χ0) is 16.2. The number of hydrogen-bond donors (Lipinski definition) is 1. The lowest BCUT2D eigenvalue weighted by Crippen LogP contribution is -2.28. The summed E-state index contributed by atoms with van der Waals surface area (Å²) in [5.41, 5.74) is 2.63. The van der Waals surface area contributed by atoms with Crippen LogP contribution in [0.15, 0.2) is 48.7 Å². The lowest BCUT2D eigenvalue weighted by Gasteiger charge is -2.12. The number of amides is 1. The molecule has 0 radical (unpaired) electrons. The monoisotopic (exact) mass is 326 g/mol. The number of carbonyl (C=O) groups is 1. The highest BCUT2D eigenvalue weighted by molar-refractivity contribution is 7.97. The molecule has 0 spiro atoms. The fourth-order valence-electron chi connectivity index (χ4n) is 2.42. The van der Waals surface area contributed by atoms with Crippen molar-refractivity contribution in [2.75, 3.05) is 6.26 Å². The zero-order valence-electron chi connectivity index (χ0n) is 13.1. The average Bonchev–Trinajstić information content (AvgIpc) is 3.00. The molecule has 5 nitrogen and oxygen atoms in total. The lowest BCUT2D eigenvalue weighted by molar-refractivity contribution is 0.0938. The molecule has 3 aromatic rings. The number of thioether (sulfide) groups is 1. The van der Waals surface area contributed by atoms with Gasteiger partial charge in [0, 0.05) is 17.5 Å². The molecule has 118 valence electrons. The van der Waals surface area contributed by atoms with Crippen molar-refractivity contribution in [3.05, 3.63) is 65.6 Å². The summed E-state index contributed by atoms with van der Waals surface area (Å²) in [5.74, 6) is 1.55. The molecule has 0 fully saturated rings. The van der Waals surface area contributed by atoms with Crippen molar-refractivity contribution in [1.29, 1.82) is 0 Å². The van der Waals surface area contributed by atoms with Gasteiger partial charge in [0.25, 0.3) is 5.91 Å². The molecule has 0 saturated carbocycles. The summed E-state index contributed by atoms with van der Waals surface area (Å²) in [6.45, 7) is 1.91. The number of aromatic nitrogens is 3. The summed E-state index contributed by atoms with van der Waals surface area (Å²) in [4.78, 5) is 12.4. The second kappa shape index (κ2) is 6.83. The number of hydrogen-bond acceptors (Lipinski definition) is 4. The number of benzene rings is 1. The lowest BCUT2D eigenvalue weighted by atomic mass is 10.1. The summed E-state index contributed by atoms with van der Waals surface area (Å²) in [6, 6.07) is 13.2. The molecule has 0 aliphatic carbocycles. The van der Waals surface area contributed by atoms with Crippen molar-refractivity contribution in [3.63, 3.8) is 0 Å². The summed E-state index contributed by atoms with van der Waals surface area (Å²) >= 11 is 1.76. The largest absolute Gasteiger partial charge is 0.342 e. The number of fused-ring (bicyclic) bond motifs is 1. The molecule has 1 aromatic carbocycles. The molecule has 23 heavy (non-hydrogen) atoms. The number of pyridine rings is 1. The first-order valence-corrected chi connectivity index (χ1v) is 8.77. The van der Waals surface area contributed by atoms with Crippen LogP contribution in [-0.4, -0.2) is 26.8 Å². The van der Waals surface area contributed by atoms with Crippen LogP contribution in [0.4, 0.5) is 0 Å². The first-order chi connectivity index (χ1) is 11.2. The topological polar surface area (TPSA) is 59.3 Å². The summed E-state index contributed by atoms with van der Waals surface area (Å²) in [7, 11) is 0. The van der Waals surface area contributed by atoms with Crippen LogP contribution in [0.2, 0.25) is 0 Å². The van der Waals surface area contributed by atoms with Crippen LogP contribution in [0, 0.1) is 0 Å². The first-order valence-electron chi connectivity index (χ1n) is 7.37. The molecule has 1 amide bonds. The van der Waals surface area contributed by atoms with E-state index in [1.807, 2.05) is 60.0 Å². The van der Waals surface area contributed by atoms with E-state index in [2.05, 4.69) is 21.8 Å². The third kappa shape index (κ3) is 3.37. The van der Waals surface area contributed by atoms with Gasteiger partial charge in [0.05, 0.1) is 6.04 Å². The van der Waals surface area contributed by atoms with E-state index in [0.29, 0.717) is 11.4 Å². The Hall–Kier alpha value is -2.34. The maximum atomic E-state index is 12.4. The van der Waals surface area contributed by atoms with Crippen LogP contribution in [0.3, 0.4) is 0 Å². The van der Waals surface area contributed by atoms with E-state index in [1.165, 1.54) is 5.56 Å². The third-order valence-electron chi connectivity index (χ3n) is 3.60. The van der Waals surface area contributed by atoms with Crippen molar-refractivity contribution in [3.8, 4) is 0 Å². The van der Waals surface area contributed by atoms with Gasteiger partial charge in [0.2, 0.25) is 0 Å². The van der Waals surface area contributed by atoms with E-state index in [0.717, 1.165) is 11.4 Å². The van der Waals surface area contributed by atoms with E-state index < -0.39 is 0 Å². The molecule has 0 bridgehead atoms. The van der Waals surface area contributed by atoms with Crippen molar-refractivity contribution in [2.45, 2.75) is 18.7 Å². The molecular formula is C17H18N4OS. The molecule has 2 heterocycles. The zero-order valence-corrected chi connectivity index (χ0v) is 13.9. The second-order valence-electron chi connectivity index (χ2n) is 5.31. The summed E-state index contributed by atoms with van der Waals surface area (Å²) < 4.78 is 1.88. The first kappa shape index (κ1) is 15.6. The highest BCUT2D eigenvalue weighted by Crippen LogP contribution is 2.14. The summed E-state index contributed by atoms with van der Waals surface area (Å²) in [6.07, 6.45) is 3.95. The molecule has 3 rings (SSSR count). The van der Waals surface area contributed by atoms with Gasteiger partial charge in [0.15, 0.2) is 11.5 Å². The van der Waals surface area contributed by atoms with E-state index in [9.17, 15) is 4.79 Å². The fourth-order valence-corrected chi connectivity index (χ4v) is 2.94. The Balaban J connectivity index is 1.74. The predicted octanol–water partition coefficient (Wildman–Crippen LogP) is 3.08. The van der Waals surface area contributed by atoms with Crippen molar-refractivity contribution < 1.29 is 4.79 Å². The standard InChI is InChI=1S/C17H18N4OS/c1-12(16-20-19-15-5-3-4-10-21(15)16)18-17(22)14-8-6-13(7-9-14)11-23-2/h3-10,12H,11H2,1-2H3,(H,18,22)/t12-/m0/s1. The van der Waals surface area contributed by atoms with Gasteiger partial charge in [0.1, 0.15) is 0 Å². The molecule has 1 N–H and O–H groups in total. The minimum Gasteiger partial charge on any atom is -0.342 e. The molecule has 0 saturated heterocycles. The van der Waals surface area contributed by atoms with Gasteiger partial charge in [-0.1, -0.05) is 18.2 Å². The minimum absolute atomic E-state index is 0.110. The Labute approximate surface area is 139 Å². The Morgan fingerprint density at radius 1 is 1.22 bits per heavy atom. The normalized spacial score (nSPS) is 12.3. The van der Waals surface area contributed by atoms with E-state index in [1.54, 1.807) is 11.8 Å². The van der Waals surface area contributed by atoms with Gasteiger partial charge in [-0.15, -0.1) is 10.2 Å². The average molecular weight is 326 g/mol. The van der Waals surface area contributed by atoms with Gasteiger partial charge in [-0.3, -0.25) is 9.20 Å². The number of rotatable bonds is 5. The van der Waals surface area contributed by atoms with Crippen molar-refractivity contribution in [1.82, 2.24) is 19.9 Å². The molecule has 1 atom stereocenters. The van der Waals surface area contributed by atoms with Crippen LogP contribution < -0.4 is 5.32 Å². The van der Waals surface area contributed by atoms with Crippen LogP contribution >= 0.6 is 11.8 Å². The fraction of sp³-hybridized carbons (Fsp3) is 0.235. The molecule has 6 heteroatoms. The van der Waals surface area contributed by atoms with E-state index in [-0.39, 0.29) is 11.9 Å². The molecular weight excluding hydrogens is 308 g/mol. The minimum atomic E-state index is -0.231. The SMILES string of the molecule is CSCc1ccc(C(=O)N[C@@H](C)c2nnc3ccccn23)cc1. The van der Waals surface area contributed by atoms with Crippen molar-refractivity contribution >= 4 is 23.3 Å². The quantitative estimate of drug-likeness (QED) is 0.783. The highest BCUT2D eigenvalue weighted by Gasteiger charge is 2.16. The number of carbonyl (C=O) groups excluding carboxylic acids is 1. The number of nitrogens with zero attached hydrogens (tertiary/aromatic N) is 3. The number of nitrogens with one attached hydrogen (secondary N) is 1. The Kier molecular flexibility index (Phi) is 4.62. The predicted molar refractivity (Wildman–Crippen MR) is 92.5 cm³/mol. The second-order valence-corrected chi connectivity index (χ2v) is 6.18. The highest BCUT2D eigenvalue weighted by atomic mass is 32.2. The Morgan fingerprint density at radius 3 is 2.74 bits per heavy atom. The Morgan fingerprint density at radius 2 is 2.00 bits per heavy atom. The van der Waals surface area contributed by atoms with Crippen LogP contribution in [-0.2, 0) is 5.75 Å². The van der Waals surface area contributed by atoms with Gasteiger partial charge in [-0.2, -0.15) is 11.8 Å². The molecule has 0 aliphatic rings. The van der Waals surface area contributed by atoms with Gasteiger partial charge < -0.3 is 5.32 Å². The smallest absolute Gasteiger partial charge is 0.251 e. The molecule has 0 aliphatic heterocycles. The van der Waals surface area contributed by atoms with Crippen LogP contribution in [0.25, 0.3) is 5.65 Å². The van der Waals surface area contributed by atoms with E-state index in [4.69, 9.17) is 0 Å². The Bertz CT molecular complexity index is 813.